The molecule has 1 aromatic rings. The molecule has 4 N–H and O–H groups in total. The fraction of sp³-hybridized carbons (Fsp3) is 0.111. The zero-order valence-electron chi connectivity index (χ0n) is 7.10. The van der Waals surface area contributed by atoms with E-state index in [-0.39, 0.29) is 6.42 Å². The molecule has 68 valence electrons. The second kappa shape index (κ2) is 6.68. The van der Waals surface area contributed by atoms with Crippen molar-refractivity contribution in [2.75, 3.05) is 5.73 Å². The van der Waals surface area contributed by atoms with Crippen LogP contribution < -0.4 is 11.5 Å². The zero-order chi connectivity index (χ0) is 10.1. The number of primary amides is 1. The van der Waals surface area contributed by atoms with Gasteiger partial charge in [0.05, 0.1) is 6.07 Å². The minimum atomic E-state index is -0.572. The number of rotatable bonds is 1. The van der Waals surface area contributed by atoms with Gasteiger partial charge in [0.15, 0.2) is 0 Å². The summed E-state index contributed by atoms with van der Waals surface area (Å²) in [6.07, 6.45) is -0.181. The number of hydrogen-bond acceptors (Lipinski definition) is 3. The normalized spacial score (nSPS) is 7.62. The van der Waals surface area contributed by atoms with Gasteiger partial charge in [-0.25, -0.2) is 0 Å². The first-order valence-corrected chi connectivity index (χ1v) is 3.62. The predicted octanol–water partition coefficient (Wildman–Crippen LogP) is 0.654. The van der Waals surface area contributed by atoms with Crippen LogP contribution in [0.1, 0.15) is 6.42 Å². The van der Waals surface area contributed by atoms with Crippen molar-refractivity contribution in [2.24, 2.45) is 5.73 Å². The first-order valence-electron chi connectivity index (χ1n) is 3.62. The fourth-order valence-corrected chi connectivity index (χ4v) is 0.531. The van der Waals surface area contributed by atoms with Crippen LogP contribution in [0.3, 0.4) is 0 Å². The maximum Gasteiger partial charge on any atom is 0.231 e. The Morgan fingerprint density at radius 3 is 2.08 bits per heavy atom. The summed E-state index contributed by atoms with van der Waals surface area (Å²) in [5.41, 5.74) is 10.7. The second-order valence-electron chi connectivity index (χ2n) is 2.21. The highest BCUT2D eigenvalue weighted by Crippen LogP contribution is 1.95. The van der Waals surface area contributed by atoms with E-state index in [1.54, 1.807) is 6.07 Å². The van der Waals surface area contributed by atoms with Gasteiger partial charge in [0.1, 0.15) is 6.42 Å². The Labute approximate surface area is 76.8 Å². The Kier molecular flexibility index (Phi) is 5.64. The highest BCUT2D eigenvalue weighted by molar-refractivity contribution is 5.75. The first-order chi connectivity index (χ1) is 6.16. The van der Waals surface area contributed by atoms with Gasteiger partial charge >= 0.3 is 0 Å². The van der Waals surface area contributed by atoms with E-state index in [0.717, 1.165) is 5.69 Å². The number of nitriles is 1. The lowest BCUT2D eigenvalue weighted by molar-refractivity contribution is -0.117. The Bertz CT molecular complexity index is 289. The molecular weight excluding hydrogens is 166 g/mol. The molecule has 1 rings (SSSR count). The molecule has 0 radical (unpaired) electrons. The molecule has 0 aliphatic heterocycles. The number of hydrogen-bond donors (Lipinski definition) is 2. The van der Waals surface area contributed by atoms with E-state index in [2.05, 4.69) is 5.73 Å². The van der Waals surface area contributed by atoms with Crippen molar-refractivity contribution in [1.82, 2.24) is 0 Å². The first kappa shape index (κ1) is 11.0. The van der Waals surface area contributed by atoms with Crippen LogP contribution in [-0.2, 0) is 4.79 Å². The standard InChI is InChI=1S/C6H7N.C3H4N2O/c7-6-4-2-1-3-5-6;4-2-1-3(5)6/h1-5H,7H2;1H2,(H2,5,6). The molecule has 0 fully saturated rings. The molecule has 0 bridgehead atoms. The lowest BCUT2D eigenvalue weighted by atomic mass is 10.3. The molecule has 0 heterocycles. The Balaban J connectivity index is 0.000000226. The monoisotopic (exact) mass is 177 g/mol. The van der Waals surface area contributed by atoms with Gasteiger partial charge in [-0.15, -0.1) is 0 Å². The summed E-state index contributed by atoms with van der Waals surface area (Å²) in [7, 11) is 0. The molecule has 1 aromatic carbocycles. The summed E-state index contributed by atoms with van der Waals surface area (Å²) in [6, 6.07) is 11.1. The van der Waals surface area contributed by atoms with Crippen LogP contribution in [0.25, 0.3) is 0 Å². The van der Waals surface area contributed by atoms with Gasteiger partial charge in [-0.3, -0.25) is 4.79 Å². The largest absolute Gasteiger partial charge is 0.399 e. The van der Waals surface area contributed by atoms with E-state index in [1.807, 2.05) is 30.3 Å². The number of benzene rings is 1. The zero-order valence-corrected chi connectivity index (χ0v) is 7.10. The van der Waals surface area contributed by atoms with Crippen LogP contribution in [0.4, 0.5) is 5.69 Å². The maximum atomic E-state index is 9.60. The molecule has 0 saturated carbocycles. The molecule has 4 heteroatoms. The van der Waals surface area contributed by atoms with Gasteiger partial charge in [-0.05, 0) is 12.1 Å². The van der Waals surface area contributed by atoms with Crippen LogP contribution in [0, 0.1) is 11.3 Å². The predicted molar refractivity (Wildman–Crippen MR) is 50.3 cm³/mol. The van der Waals surface area contributed by atoms with Crippen LogP contribution in [0.5, 0.6) is 0 Å². The number of nitrogens with zero attached hydrogens (tertiary/aromatic N) is 1. The summed E-state index contributed by atoms with van der Waals surface area (Å²) in [4.78, 5) is 9.60. The van der Waals surface area contributed by atoms with E-state index in [0.29, 0.717) is 0 Å². The number of nitrogen functional groups attached to an aromatic ring is 1. The minimum absolute atomic E-state index is 0.181. The van der Waals surface area contributed by atoms with Gasteiger partial charge < -0.3 is 11.5 Å². The van der Waals surface area contributed by atoms with Crippen molar-refractivity contribution < 1.29 is 4.79 Å². The molecule has 0 aliphatic rings. The Morgan fingerprint density at radius 1 is 1.38 bits per heavy atom. The highest BCUT2D eigenvalue weighted by Gasteiger charge is 1.84. The van der Waals surface area contributed by atoms with Crippen molar-refractivity contribution in [1.29, 1.82) is 5.26 Å². The van der Waals surface area contributed by atoms with Crippen molar-refractivity contribution in [3.05, 3.63) is 30.3 Å². The third-order valence-electron chi connectivity index (χ3n) is 1.05. The lowest BCUT2D eigenvalue weighted by Crippen LogP contribution is -2.07. The summed E-state index contributed by atoms with van der Waals surface area (Å²) < 4.78 is 0. The smallest absolute Gasteiger partial charge is 0.231 e. The van der Waals surface area contributed by atoms with Gasteiger partial charge in [0.2, 0.25) is 5.91 Å². The van der Waals surface area contributed by atoms with Gasteiger partial charge in [-0.2, -0.15) is 5.26 Å². The van der Waals surface area contributed by atoms with Crippen molar-refractivity contribution in [3.8, 4) is 6.07 Å². The van der Waals surface area contributed by atoms with Gasteiger partial charge in [-0.1, -0.05) is 18.2 Å². The van der Waals surface area contributed by atoms with E-state index >= 15 is 0 Å². The SMILES string of the molecule is N#CCC(N)=O.Nc1ccccc1. The van der Waals surface area contributed by atoms with Crippen molar-refractivity contribution in [3.63, 3.8) is 0 Å². The topological polar surface area (TPSA) is 92.9 Å². The second-order valence-corrected chi connectivity index (χ2v) is 2.21. The van der Waals surface area contributed by atoms with Crippen molar-refractivity contribution >= 4 is 11.6 Å². The van der Waals surface area contributed by atoms with E-state index < -0.39 is 5.91 Å². The molecule has 0 saturated heterocycles. The molecule has 0 atom stereocenters. The average molecular weight is 177 g/mol. The molecule has 0 spiro atoms. The van der Waals surface area contributed by atoms with E-state index in [1.165, 1.54) is 0 Å². The van der Waals surface area contributed by atoms with Crippen LogP contribution >= 0.6 is 0 Å². The number of anilines is 1. The number of para-hydroxylation sites is 1. The number of nitrogens with two attached hydrogens (primary N) is 2. The van der Waals surface area contributed by atoms with Crippen LogP contribution in [0.2, 0.25) is 0 Å². The average Bonchev–Trinajstić information content (AvgIpc) is 2.06. The fourth-order valence-electron chi connectivity index (χ4n) is 0.531. The minimum Gasteiger partial charge on any atom is -0.399 e. The Hall–Kier alpha value is -2.02. The molecule has 0 aromatic heterocycles. The summed E-state index contributed by atoms with van der Waals surface area (Å²) in [5, 5.41) is 7.69. The quantitative estimate of drug-likeness (QED) is 0.617. The molecule has 0 unspecified atom stereocenters. The third kappa shape index (κ3) is 7.88. The molecule has 1 amide bonds. The van der Waals surface area contributed by atoms with Gasteiger partial charge in [0, 0.05) is 5.69 Å². The maximum absolute atomic E-state index is 9.60. The summed E-state index contributed by atoms with van der Waals surface area (Å²) in [6.45, 7) is 0. The molecule has 4 nitrogen and oxygen atoms in total. The summed E-state index contributed by atoms with van der Waals surface area (Å²) >= 11 is 0. The highest BCUT2D eigenvalue weighted by atomic mass is 16.1. The number of amides is 1. The van der Waals surface area contributed by atoms with Crippen molar-refractivity contribution in [2.45, 2.75) is 6.42 Å². The summed E-state index contributed by atoms with van der Waals surface area (Å²) in [5.74, 6) is -0.572. The van der Waals surface area contributed by atoms with E-state index in [9.17, 15) is 4.79 Å². The number of carbonyl (C=O) groups is 1. The lowest BCUT2D eigenvalue weighted by Gasteiger charge is -1.83. The number of carbonyl (C=O) groups excluding carboxylic acids is 1. The molecular formula is C9H11N3O. The van der Waals surface area contributed by atoms with Crippen LogP contribution in [-0.4, -0.2) is 5.91 Å². The third-order valence-corrected chi connectivity index (χ3v) is 1.05. The van der Waals surface area contributed by atoms with Crippen LogP contribution in [0.15, 0.2) is 30.3 Å². The Morgan fingerprint density at radius 2 is 1.92 bits per heavy atom. The molecule has 0 aliphatic carbocycles. The molecule has 13 heavy (non-hydrogen) atoms. The van der Waals surface area contributed by atoms with Gasteiger partial charge in [0.25, 0.3) is 0 Å². The van der Waals surface area contributed by atoms with E-state index in [4.69, 9.17) is 11.0 Å².